The maximum Gasteiger partial charge on any atom is 0.146 e. The monoisotopic (exact) mass is 279 g/mol. The highest BCUT2D eigenvalue weighted by Gasteiger charge is 2.43. The first-order chi connectivity index (χ1) is 10.4. The summed E-state index contributed by atoms with van der Waals surface area (Å²) in [7, 11) is 0. The fourth-order valence-corrected chi connectivity index (χ4v) is 3.71. The molecule has 1 N–H and O–H groups in total. The number of fused-ring (bicyclic) bond motifs is 2. The molecule has 2 aliphatic rings. The summed E-state index contributed by atoms with van der Waals surface area (Å²) in [4.78, 5) is 0. The van der Waals surface area contributed by atoms with Crippen molar-refractivity contribution < 1.29 is 4.74 Å². The van der Waals surface area contributed by atoms with Crippen molar-refractivity contribution >= 4 is 0 Å². The van der Waals surface area contributed by atoms with Crippen molar-refractivity contribution in [3.63, 3.8) is 0 Å². The van der Waals surface area contributed by atoms with Gasteiger partial charge in [0.1, 0.15) is 5.72 Å². The van der Waals surface area contributed by atoms with E-state index in [-0.39, 0.29) is 11.8 Å². The molecule has 1 heterocycles. The zero-order valence-electron chi connectivity index (χ0n) is 12.2. The molecule has 1 unspecified atom stereocenters. The lowest BCUT2D eigenvalue weighted by atomic mass is 9.95. The zero-order valence-corrected chi connectivity index (χ0v) is 12.2. The molecule has 2 atom stereocenters. The van der Waals surface area contributed by atoms with E-state index >= 15 is 0 Å². The van der Waals surface area contributed by atoms with Crippen molar-refractivity contribution in [2.45, 2.75) is 37.5 Å². The molecule has 0 amide bonds. The number of rotatable bonds is 1. The van der Waals surface area contributed by atoms with Crippen LogP contribution in [0.25, 0.3) is 0 Å². The van der Waals surface area contributed by atoms with Crippen LogP contribution in [0.4, 0.5) is 0 Å². The molecular weight excluding hydrogens is 258 g/mol. The third-order valence-electron chi connectivity index (χ3n) is 4.78. The Balaban J connectivity index is 1.69. The minimum atomic E-state index is -0.284. The van der Waals surface area contributed by atoms with E-state index in [0.29, 0.717) is 0 Å². The van der Waals surface area contributed by atoms with E-state index in [4.69, 9.17) is 4.74 Å². The van der Waals surface area contributed by atoms with Crippen LogP contribution in [-0.4, -0.2) is 6.61 Å². The second-order valence-electron chi connectivity index (χ2n) is 6.11. The topological polar surface area (TPSA) is 21.3 Å². The van der Waals surface area contributed by atoms with Crippen LogP contribution < -0.4 is 5.32 Å². The van der Waals surface area contributed by atoms with E-state index in [1.807, 2.05) is 0 Å². The molecule has 2 aromatic rings. The maximum absolute atomic E-state index is 6.34. The van der Waals surface area contributed by atoms with Gasteiger partial charge in [0.25, 0.3) is 0 Å². The van der Waals surface area contributed by atoms with Gasteiger partial charge in [-0.15, -0.1) is 0 Å². The van der Waals surface area contributed by atoms with Crippen LogP contribution in [0.2, 0.25) is 0 Å². The summed E-state index contributed by atoms with van der Waals surface area (Å²) in [5.74, 6) is 0. The lowest BCUT2D eigenvalue weighted by Crippen LogP contribution is -2.39. The Morgan fingerprint density at radius 1 is 0.952 bits per heavy atom. The van der Waals surface area contributed by atoms with Gasteiger partial charge in [-0.1, -0.05) is 54.6 Å². The normalized spacial score (nSPS) is 28.3. The van der Waals surface area contributed by atoms with Gasteiger partial charge in [0, 0.05) is 5.56 Å². The zero-order chi connectivity index (χ0) is 14.1. The van der Waals surface area contributed by atoms with Crippen LogP contribution >= 0.6 is 0 Å². The molecule has 2 nitrogen and oxygen atoms in total. The summed E-state index contributed by atoms with van der Waals surface area (Å²) < 4.78 is 6.34. The number of nitrogens with one attached hydrogen (secondary N) is 1. The quantitative estimate of drug-likeness (QED) is 0.854. The summed E-state index contributed by atoms with van der Waals surface area (Å²) in [5, 5.41) is 3.80. The van der Waals surface area contributed by atoms with E-state index in [9.17, 15) is 0 Å². The largest absolute Gasteiger partial charge is 0.354 e. The second kappa shape index (κ2) is 5.28. The van der Waals surface area contributed by atoms with Crippen molar-refractivity contribution in [2.24, 2.45) is 0 Å². The Kier molecular flexibility index (Phi) is 3.28. The van der Waals surface area contributed by atoms with Crippen molar-refractivity contribution in [1.82, 2.24) is 5.32 Å². The van der Waals surface area contributed by atoms with Crippen LogP contribution in [0.15, 0.2) is 54.6 Å². The van der Waals surface area contributed by atoms with Gasteiger partial charge < -0.3 is 4.74 Å². The smallest absolute Gasteiger partial charge is 0.146 e. The molecule has 0 bridgehead atoms. The summed E-state index contributed by atoms with van der Waals surface area (Å²) in [6, 6.07) is 19.7. The van der Waals surface area contributed by atoms with E-state index in [0.717, 1.165) is 13.0 Å². The first kappa shape index (κ1) is 13.1. The first-order valence-electron chi connectivity index (χ1n) is 7.92. The molecular formula is C19H21NO. The van der Waals surface area contributed by atoms with Crippen molar-refractivity contribution in [2.75, 3.05) is 6.61 Å². The summed E-state index contributed by atoms with van der Waals surface area (Å²) in [5.41, 5.74) is 3.82. The number of ether oxygens (including phenoxy) is 1. The van der Waals surface area contributed by atoms with E-state index in [1.54, 1.807) is 0 Å². The third kappa shape index (κ3) is 2.29. The number of hydrogen-bond acceptors (Lipinski definition) is 2. The highest BCUT2D eigenvalue weighted by atomic mass is 16.5. The lowest BCUT2D eigenvalue weighted by Gasteiger charge is -2.30. The molecule has 2 heteroatoms. The average molecular weight is 279 g/mol. The summed E-state index contributed by atoms with van der Waals surface area (Å²) in [6.45, 7) is 0.748. The Bertz CT molecular complexity index is 624. The Hall–Kier alpha value is -1.64. The van der Waals surface area contributed by atoms with Crippen LogP contribution in [0.1, 0.15) is 42.0 Å². The Labute approximate surface area is 126 Å². The van der Waals surface area contributed by atoms with Crippen LogP contribution in [0, 0.1) is 0 Å². The minimum absolute atomic E-state index is 0.284. The minimum Gasteiger partial charge on any atom is -0.354 e. The maximum atomic E-state index is 6.34. The highest BCUT2D eigenvalue weighted by Crippen LogP contribution is 2.41. The molecule has 1 aliphatic carbocycles. The van der Waals surface area contributed by atoms with Gasteiger partial charge >= 0.3 is 0 Å². The molecule has 21 heavy (non-hydrogen) atoms. The standard InChI is InChI=1S/C19H21NO/c1-2-10-16(11-3-1)18-14-21-19(20-18)13-7-6-9-15-8-4-5-12-17(15)19/h1-5,8,10-12,18,20H,6-7,9,13-14H2/t18-,19?/m0/s1. The molecule has 1 spiro atoms. The van der Waals surface area contributed by atoms with Crippen LogP contribution in [0.5, 0.6) is 0 Å². The first-order valence-corrected chi connectivity index (χ1v) is 7.92. The van der Waals surface area contributed by atoms with Crippen molar-refractivity contribution in [3.8, 4) is 0 Å². The Morgan fingerprint density at radius 3 is 2.67 bits per heavy atom. The number of hydrogen-bond donors (Lipinski definition) is 1. The lowest BCUT2D eigenvalue weighted by molar-refractivity contribution is -0.0222. The van der Waals surface area contributed by atoms with E-state index in [2.05, 4.69) is 59.9 Å². The van der Waals surface area contributed by atoms with E-state index in [1.165, 1.54) is 36.0 Å². The van der Waals surface area contributed by atoms with Crippen molar-refractivity contribution in [3.05, 3.63) is 71.3 Å². The molecule has 1 fully saturated rings. The fraction of sp³-hybridized carbons (Fsp3) is 0.368. The van der Waals surface area contributed by atoms with Gasteiger partial charge in [-0.2, -0.15) is 0 Å². The molecule has 0 saturated carbocycles. The van der Waals surface area contributed by atoms with Gasteiger partial charge in [-0.3, -0.25) is 5.32 Å². The molecule has 108 valence electrons. The molecule has 1 saturated heterocycles. The SMILES string of the molecule is c1ccc([C@@H]2COC3(CCCCc4ccccc43)N2)cc1. The molecule has 2 aromatic carbocycles. The van der Waals surface area contributed by atoms with Gasteiger partial charge in [0.2, 0.25) is 0 Å². The van der Waals surface area contributed by atoms with Gasteiger partial charge in [-0.05, 0) is 36.8 Å². The molecule has 1 aliphatic heterocycles. The fourth-order valence-electron chi connectivity index (χ4n) is 3.71. The van der Waals surface area contributed by atoms with E-state index < -0.39 is 0 Å². The highest BCUT2D eigenvalue weighted by molar-refractivity contribution is 5.35. The number of aryl methyl sites for hydroxylation is 1. The van der Waals surface area contributed by atoms with Crippen LogP contribution in [-0.2, 0) is 16.9 Å². The van der Waals surface area contributed by atoms with Gasteiger partial charge in [0.05, 0.1) is 12.6 Å². The van der Waals surface area contributed by atoms with Gasteiger partial charge in [0.15, 0.2) is 0 Å². The average Bonchev–Trinajstić information content (AvgIpc) is 2.89. The predicted molar refractivity (Wildman–Crippen MR) is 83.9 cm³/mol. The second-order valence-corrected chi connectivity index (χ2v) is 6.11. The third-order valence-corrected chi connectivity index (χ3v) is 4.78. The van der Waals surface area contributed by atoms with Crippen LogP contribution in [0.3, 0.4) is 0 Å². The molecule has 4 rings (SSSR count). The number of benzene rings is 2. The van der Waals surface area contributed by atoms with Crippen molar-refractivity contribution in [1.29, 1.82) is 0 Å². The van der Waals surface area contributed by atoms with Gasteiger partial charge in [-0.25, -0.2) is 0 Å². The summed E-state index contributed by atoms with van der Waals surface area (Å²) >= 11 is 0. The molecule has 0 aromatic heterocycles. The molecule has 0 radical (unpaired) electrons. The Morgan fingerprint density at radius 2 is 1.76 bits per heavy atom. The predicted octanol–water partition coefficient (Wildman–Crippen LogP) is 3.93. The summed E-state index contributed by atoms with van der Waals surface area (Å²) in [6.07, 6.45) is 4.69.